The molecule has 0 aliphatic heterocycles. The average molecular weight is 274 g/mol. The molecule has 0 bridgehead atoms. The van der Waals surface area contributed by atoms with Gasteiger partial charge in [0.1, 0.15) is 5.65 Å². The van der Waals surface area contributed by atoms with E-state index in [1.54, 1.807) is 19.3 Å². The Labute approximate surface area is 116 Å². The van der Waals surface area contributed by atoms with Gasteiger partial charge in [0, 0.05) is 30.7 Å². The fourth-order valence-electron chi connectivity index (χ4n) is 2.62. The van der Waals surface area contributed by atoms with Gasteiger partial charge in [-0.3, -0.25) is 9.36 Å². The van der Waals surface area contributed by atoms with Crippen LogP contribution in [0.25, 0.3) is 11.0 Å². The summed E-state index contributed by atoms with van der Waals surface area (Å²) in [6.07, 6.45) is 4.99. The zero-order valence-electron chi connectivity index (χ0n) is 11.4. The minimum absolute atomic E-state index is 0.0806. The summed E-state index contributed by atoms with van der Waals surface area (Å²) in [5, 5.41) is 13.6. The molecule has 1 aliphatic carbocycles. The number of aryl methyl sites for hydroxylation is 1. The molecule has 0 atom stereocenters. The summed E-state index contributed by atoms with van der Waals surface area (Å²) in [6, 6.07) is 3.54. The number of anilines is 1. The first-order chi connectivity index (χ1) is 9.63. The van der Waals surface area contributed by atoms with E-state index in [4.69, 9.17) is 0 Å². The van der Waals surface area contributed by atoms with E-state index in [0.717, 1.165) is 31.1 Å². The lowest BCUT2D eigenvalue weighted by atomic mass is 9.93. The number of aliphatic hydroxyl groups excluding tert-OH is 1. The standard InChI is InChI=1S/C14H18N4O2/c1-18-12(20)7-2-9-8-15-14(17-13(9)18)16-10-3-5-11(19)6-4-10/h2,7-8,10-11,19H,3-6H2,1H3,(H,15,16,17)/t10-,11-. The van der Waals surface area contributed by atoms with Crippen molar-refractivity contribution in [1.82, 2.24) is 14.5 Å². The second kappa shape index (κ2) is 5.20. The Hall–Kier alpha value is -1.95. The van der Waals surface area contributed by atoms with Crippen molar-refractivity contribution in [1.29, 1.82) is 0 Å². The summed E-state index contributed by atoms with van der Waals surface area (Å²) in [5.41, 5.74) is 0.550. The van der Waals surface area contributed by atoms with Gasteiger partial charge in [0.05, 0.1) is 6.10 Å². The number of nitrogens with zero attached hydrogens (tertiary/aromatic N) is 3. The molecule has 0 saturated heterocycles. The third-order valence-corrected chi connectivity index (χ3v) is 3.88. The zero-order valence-corrected chi connectivity index (χ0v) is 11.4. The topological polar surface area (TPSA) is 80.0 Å². The van der Waals surface area contributed by atoms with Gasteiger partial charge in [0.2, 0.25) is 5.95 Å². The van der Waals surface area contributed by atoms with Crippen LogP contribution in [0, 0.1) is 0 Å². The van der Waals surface area contributed by atoms with Crippen LogP contribution >= 0.6 is 0 Å². The number of nitrogens with one attached hydrogen (secondary N) is 1. The number of hydrogen-bond donors (Lipinski definition) is 2. The number of fused-ring (bicyclic) bond motifs is 1. The smallest absolute Gasteiger partial charge is 0.251 e. The second-order valence-corrected chi connectivity index (χ2v) is 5.35. The second-order valence-electron chi connectivity index (χ2n) is 5.35. The van der Waals surface area contributed by atoms with Gasteiger partial charge in [0.15, 0.2) is 0 Å². The monoisotopic (exact) mass is 274 g/mol. The highest BCUT2D eigenvalue weighted by Gasteiger charge is 2.19. The minimum atomic E-state index is -0.175. The molecule has 2 aromatic rings. The maximum Gasteiger partial charge on any atom is 0.251 e. The van der Waals surface area contributed by atoms with Crippen molar-refractivity contribution in [3.05, 3.63) is 28.7 Å². The van der Waals surface area contributed by atoms with E-state index < -0.39 is 0 Å². The van der Waals surface area contributed by atoms with Crippen LogP contribution in [0.1, 0.15) is 25.7 Å². The first-order valence-electron chi connectivity index (χ1n) is 6.91. The van der Waals surface area contributed by atoms with Crippen LogP contribution in [0.15, 0.2) is 23.1 Å². The third-order valence-electron chi connectivity index (χ3n) is 3.88. The van der Waals surface area contributed by atoms with Crippen LogP contribution in [0.4, 0.5) is 5.95 Å². The lowest BCUT2D eigenvalue weighted by Crippen LogP contribution is -2.29. The fraction of sp³-hybridized carbons (Fsp3) is 0.500. The molecule has 0 amide bonds. The lowest BCUT2D eigenvalue weighted by Gasteiger charge is -2.26. The Morgan fingerprint density at radius 1 is 1.30 bits per heavy atom. The molecular weight excluding hydrogens is 256 g/mol. The Balaban J connectivity index is 1.85. The van der Waals surface area contributed by atoms with Gasteiger partial charge in [-0.2, -0.15) is 4.98 Å². The minimum Gasteiger partial charge on any atom is -0.393 e. The van der Waals surface area contributed by atoms with Crippen molar-refractivity contribution < 1.29 is 5.11 Å². The van der Waals surface area contributed by atoms with Gasteiger partial charge >= 0.3 is 0 Å². The van der Waals surface area contributed by atoms with Gasteiger partial charge in [-0.1, -0.05) is 0 Å². The van der Waals surface area contributed by atoms with Gasteiger partial charge in [-0.15, -0.1) is 0 Å². The van der Waals surface area contributed by atoms with E-state index in [1.165, 1.54) is 10.6 Å². The molecule has 1 fully saturated rings. The van der Waals surface area contributed by atoms with Crippen molar-refractivity contribution in [3.63, 3.8) is 0 Å². The third kappa shape index (κ3) is 2.51. The van der Waals surface area contributed by atoms with Gasteiger partial charge in [-0.25, -0.2) is 4.98 Å². The van der Waals surface area contributed by atoms with Crippen LogP contribution in [-0.4, -0.2) is 31.8 Å². The van der Waals surface area contributed by atoms with Gasteiger partial charge in [-0.05, 0) is 31.7 Å². The first-order valence-corrected chi connectivity index (χ1v) is 6.91. The molecule has 6 nitrogen and oxygen atoms in total. The maximum absolute atomic E-state index is 11.6. The highest BCUT2D eigenvalue weighted by molar-refractivity contribution is 5.74. The first kappa shape index (κ1) is 13.1. The summed E-state index contributed by atoms with van der Waals surface area (Å²) >= 11 is 0. The van der Waals surface area contributed by atoms with E-state index in [1.807, 2.05) is 0 Å². The average Bonchev–Trinajstić information content (AvgIpc) is 2.46. The van der Waals surface area contributed by atoms with Crippen LogP contribution in [0.5, 0.6) is 0 Å². The number of aromatic nitrogens is 3. The van der Waals surface area contributed by atoms with Gasteiger partial charge < -0.3 is 10.4 Å². The van der Waals surface area contributed by atoms with Crippen molar-refractivity contribution in [3.8, 4) is 0 Å². The van der Waals surface area contributed by atoms with Crippen molar-refractivity contribution in [2.75, 3.05) is 5.32 Å². The summed E-state index contributed by atoms with van der Waals surface area (Å²) in [7, 11) is 1.71. The molecule has 6 heteroatoms. The predicted molar refractivity (Wildman–Crippen MR) is 76.7 cm³/mol. The zero-order chi connectivity index (χ0) is 14.1. The van der Waals surface area contributed by atoms with Crippen LogP contribution in [0.3, 0.4) is 0 Å². The molecule has 2 N–H and O–H groups in total. The largest absolute Gasteiger partial charge is 0.393 e. The maximum atomic E-state index is 11.6. The Morgan fingerprint density at radius 3 is 2.80 bits per heavy atom. The summed E-state index contributed by atoms with van der Waals surface area (Å²) in [5.74, 6) is 0.542. The molecular formula is C14H18N4O2. The van der Waals surface area contributed by atoms with Crippen LogP contribution in [-0.2, 0) is 7.05 Å². The molecule has 1 aliphatic rings. The van der Waals surface area contributed by atoms with Crippen molar-refractivity contribution in [2.45, 2.75) is 37.8 Å². The molecule has 0 spiro atoms. The lowest BCUT2D eigenvalue weighted by molar-refractivity contribution is 0.126. The van der Waals surface area contributed by atoms with Crippen molar-refractivity contribution >= 4 is 17.0 Å². The number of aliphatic hydroxyl groups is 1. The van der Waals surface area contributed by atoms with E-state index in [2.05, 4.69) is 15.3 Å². The highest BCUT2D eigenvalue weighted by atomic mass is 16.3. The number of pyridine rings is 1. The fourth-order valence-corrected chi connectivity index (χ4v) is 2.62. The van der Waals surface area contributed by atoms with Gasteiger partial charge in [0.25, 0.3) is 5.56 Å². The number of rotatable bonds is 2. The van der Waals surface area contributed by atoms with Crippen molar-refractivity contribution in [2.24, 2.45) is 7.05 Å². The highest BCUT2D eigenvalue weighted by Crippen LogP contribution is 2.21. The SMILES string of the molecule is Cn1c(=O)ccc2cnc(N[C@H]3CC[C@H](O)CC3)nc21. The van der Waals surface area contributed by atoms with Crippen LogP contribution < -0.4 is 10.9 Å². The Bertz CT molecular complexity index is 674. The molecule has 106 valence electrons. The molecule has 1 saturated carbocycles. The molecule has 0 unspecified atom stereocenters. The molecule has 0 radical (unpaired) electrons. The Kier molecular flexibility index (Phi) is 3.40. The molecule has 3 rings (SSSR count). The molecule has 2 aromatic heterocycles. The summed E-state index contributed by atoms with van der Waals surface area (Å²) in [6.45, 7) is 0. The van der Waals surface area contributed by atoms with E-state index in [-0.39, 0.29) is 17.7 Å². The van der Waals surface area contributed by atoms with E-state index >= 15 is 0 Å². The Morgan fingerprint density at radius 2 is 2.05 bits per heavy atom. The molecule has 2 heterocycles. The summed E-state index contributed by atoms with van der Waals surface area (Å²) in [4.78, 5) is 20.3. The molecule has 0 aromatic carbocycles. The van der Waals surface area contributed by atoms with E-state index in [9.17, 15) is 9.90 Å². The predicted octanol–water partition coefficient (Wildman–Crippen LogP) is 1.04. The summed E-state index contributed by atoms with van der Waals surface area (Å²) < 4.78 is 1.52. The molecule has 20 heavy (non-hydrogen) atoms. The van der Waals surface area contributed by atoms with Crippen LogP contribution in [0.2, 0.25) is 0 Å². The quantitative estimate of drug-likeness (QED) is 0.855. The van der Waals surface area contributed by atoms with E-state index in [0.29, 0.717) is 11.6 Å². The number of hydrogen-bond acceptors (Lipinski definition) is 5. The normalized spacial score (nSPS) is 22.9.